The Kier molecular flexibility index (Phi) is 4.90. The van der Waals surface area contributed by atoms with Gasteiger partial charge in [-0.25, -0.2) is 0 Å². The van der Waals surface area contributed by atoms with Crippen LogP contribution in [0.4, 0.5) is 0 Å². The molecule has 1 amide bonds. The highest BCUT2D eigenvalue weighted by Gasteiger charge is 2.24. The highest BCUT2D eigenvalue weighted by molar-refractivity contribution is 5.90. The predicted molar refractivity (Wildman–Crippen MR) is 70.7 cm³/mol. The van der Waals surface area contributed by atoms with Gasteiger partial charge < -0.3 is 15.2 Å². The molecule has 1 aromatic heterocycles. The van der Waals surface area contributed by atoms with Crippen LogP contribution >= 0.6 is 0 Å². The Morgan fingerprint density at radius 2 is 2.47 bits per heavy atom. The van der Waals surface area contributed by atoms with Gasteiger partial charge in [0.2, 0.25) is 5.89 Å². The summed E-state index contributed by atoms with van der Waals surface area (Å²) >= 11 is 0. The summed E-state index contributed by atoms with van der Waals surface area (Å²) in [5.74, 6) is 0.396. The van der Waals surface area contributed by atoms with Gasteiger partial charge in [0.05, 0.1) is 6.04 Å². The van der Waals surface area contributed by atoms with Gasteiger partial charge in [-0.05, 0) is 32.7 Å². The first-order valence-electron chi connectivity index (χ1n) is 7.08. The number of unbranched alkanes of at least 4 members (excludes halogenated alkanes) is 1. The lowest BCUT2D eigenvalue weighted by atomic mass is 10.1. The van der Waals surface area contributed by atoms with Gasteiger partial charge in [-0.1, -0.05) is 24.9 Å². The zero-order chi connectivity index (χ0) is 13.7. The van der Waals surface area contributed by atoms with Crippen LogP contribution in [0, 0.1) is 0 Å². The minimum absolute atomic E-state index is 0.103. The van der Waals surface area contributed by atoms with Crippen molar-refractivity contribution in [3.63, 3.8) is 0 Å². The second-order valence-corrected chi connectivity index (χ2v) is 5.12. The summed E-state index contributed by atoms with van der Waals surface area (Å²) in [6.07, 6.45) is 5.28. The van der Waals surface area contributed by atoms with Crippen LogP contribution in [0.3, 0.4) is 0 Å². The Hall–Kier alpha value is -1.43. The van der Waals surface area contributed by atoms with Gasteiger partial charge in [-0.3, -0.25) is 4.79 Å². The first-order valence-corrected chi connectivity index (χ1v) is 7.08. The van der Waals surface area contributed by atoms with Crippen LogP contribution in [-0.2, 0) is 0 Å². The number of nitrogens with zero attached hydrogens (tertiary/aromatic N) is 2. The quantitative estimate of drug-likeness (QED) is 0.820. The first-order chi connectivity index (χ1) is 9.20. The second-order valence-electron chi connectivity index (χ2n) is 5.12. The van der Waals surface area contributed by atoms with Crippen molar-refractivity contribution in [3.8, 4) is 0 Å². The van der Waals surface area contributed by atoms with Gasteiger partial charge in [-0.2, -0.15) is 4.98 Å². The van der Waals surface area contributed by atoms with Gasteiger partial charge in [0.1, 0.15) is 0 Å². The maximum absolute atomic E-state index is 11.9. The van der Waals surface area contributed by atoms with E-state index in [4.69, 9.17) is 4.52 Å². The van der Waals surface area contributed by atoms with E-state index in [-0.39, 0.29) is 23.8 Å². The number of amides is 1. The Bertz CT molecular complexity index is 413. The number of aromatic nitrogens is 2. The Morgan fingerprint density at radius 1 is 1.63 bits per heavy atom. The third kappa shape index (κ3) is 3.76. The van der Waals surface area contributed by atoms with E-state index < -0.39 is 0 Å². The van der Waals surface area contributed by atoms with Crippen LogP contribution < -0.4 is 10.6 Å². The van der Waals surface area contributed by atoms with Crippen molar-refractivity contribution < 1.29 is 9.32 Å². The van der Waals surface area contributed by atoms with Crippen molar-refractivity contribution in [1.29, 1.82) is 0 Å². The Labute approximate surface area is 113 Å². The van der Waals surface area contributed by atoms with Crippen LogP contribution in [0.5, 0.6) is 0 Å². The minimum Gasteiger partial charge on any atom is -0.347 e. The summed E-state index contributed by atoms with van der Waals surface area (Å²) < 4.78 is 5.15. The summed E-state index contributed by atoms with van der Waals surface area (Å²) in [5, 5.41) is 9.91. The fourth-order valence-corrected chi connectivity index (χ4v) is 2.24. The van der Waals surface area contributed by atoms with E-state index in [1.807, 2.05) is 6.92 Å². The van der Waals surface area contributed by atoms with Gasteiger partial charge >= 0.3 is 0 Å². The first kappa shape index (κ1) is 14.0. The maximum atomic E-state index is 11.9. The molecular formula is C13H22N4O2. The van der Waals surface area contributed by atoms with Crippen molar-refractivity contribution in [3.05, 3.63) is 11.7 Å². The number of nitrogens with one attached hydrogen (secondary N) is 2. The molecule has 1 aliphatic rings. The predicted octanol–water partition coefficient (Wildman–Crippen LogP) is 1.80. The van der Waals surface area contributed by atoms with Crippen molar-refractivity contribution in [2.75, 3.05) is 6.54 Å². The lowest BCUT2D eigenvalue weighted by Gasteiger charge is -2.11. The van der Waals surface area contributed by atoms with Crippen molar-refractivity contribution in [2.45, 2.75) is 58.0 Å². The molecule has 2 rings (SSSR count). The summed E-state index contributed by atoms with van der Waals surface area (Å²) in [5.41, 5.74) is 0. The smallest absolute Gasteiger partial charge is 0.292 e. The molecule has 0 aromatic carbocycles. The van der Waals surface area contributed by atoms with Crippen molar-refractivity contribution in [2.24, 2.45) is 0 Å². The van der Waals surface area contributed by atoms with Crippen LogP contribution in [0.2, 0.25) is 0 Å². The molecular weight excluding hydrogens is 244 g/mol. The third-order valence-corrected chi connectivity index (χ3v) is 3.37. The Balaban J connectivity index is 1.88. The maximum Gasteiger partial charge on any atom is 0.292 e. The van der Waals surface area contributed by atoms with Crippen LogP contribution in [-0.4, -0.2) is 28.6 Å². The second kappa shape index (κ2) is 6.65. The third-order valence-electron chi connectivity index (χ3n) is 3.37. The zero-order valence-corrected chi connectivity index (χ0v) is 11.6. The monoisotopic (exact) mass is 266 g/mol. The number of hydrogen-bond acceptors (Lipinski definition) is 5. The van der Waals surface area contributed by atoms with Crippen molar-refractivity contribution in [1.82, 2.24) is 20.8 Å². The topological polar surface area (TPSA) is 80.0 Å². The largest absolute Gasteiger partial charge is 0.347 e. The van der Waals surface area contributed by atoms with Gasteiger partial charge in [-0.15, -0.1) is 0 Å². The fourth-order valence-electron chi connectivity index (χ4n) is 2.24. The van der Waals surface area contributed by atoms with Crippen LogP contribution in [0.1, 0.15) is 68.5 Å². The van der Waals surface area contributed by atoms with E-state index in [9.17, 15) is 4.79 Å². The molecule has 19 heavy (non-hydrogen) atoms. The minimum atomic E-state index is -0.253. The summed E-state index contributed by atoms with van der Waals surface area (Å²) in [6, 6.07) is 0.241. The van der Waals surface area contributed by atoms with E-state index in [0.29, 0.717) is 5.89 Å². The molecule has 0 radical (unpaired) electrons. The van der Waals surface area contributed by atoms with Gasteiger partial charge in [0.25, 0.3) is 11.7 Å². The highest BCUT2D eigenvalue weighted by Crippen LogP contribution is 2.20. The fraction of sp³-hybridized carbons (Fsp3) is 0.769. The van der Waals surface area contributed by atoms with E-state index in [1.165, 1.54) is 0 Å². The SMILES string of the molecule is CCCCC(C)NC(=O)c1noc(C2CCCN2)n1. The molecule has 0 bridgehead atoms. The molecule has 6 nitrogen and oxygen atoms in total. The molecule has 6 heteroatoms. The van der Waals surface area contributed by atoms with Gasteiger partial charge in [0.15, 0.2) is 0 Å². The molecule has 2 atom stereocenters. The molecule has 0 spiro atoms. The molecule has 2 unspecified atom stereocenters. The molecule has 2 heterocycles. The normalized spacial score (nSPS) is 20.4. The van der Waals surface area contributed by atoms with Gasteiger partial charge in [0, 0.05) is 6.04 Å². The number of carbonyl (C=O) groups is 1. The molecule has 1 aromatic rings. The average molecular weight is 266 g/mol. The summed E-state index contributed by atoms with van der Waals surface area (Å²) in [7, 11) is 0. The summed E-state index contributed by atoms with van der Waals surface area (Å²) in [6.45, 7) is 5.09. The zero-order valence-electron chi connectivity index (χ0n) is 11.6. The number of carbonyl (C=O) groups excluding carboxylic acids is 1. The van der Waals surface area contributed by atoms with Crippen molar-refractivity contribution >= 4 is 5.91 Å². The lowest BCUT2D eigenvalue weighted by Crippen LogP contribution is -2.33. The average Bonchev–Trinajstić information content (AvgIpc) is 3.05. The number of rotatable bonds is 6. The summed E-state index contributed by atoms with van der Waals surface area (Å²) in [4.78, 5) is 16.1. The molecule has 1 fully saturated rings. The standard InChI is InChI=1S/C13H22N4O2/c1-3-4-6-9(2)15-12(18)11-16-13(19-17-11)10-7-5-8-14-10/h9-10,14H,3-8H2,1-2H3,(H,15,18). The molecule has 0 saturated carbocycles. The van der Waals surface area contributed by atoms with Crippen LogP contribution in [0.25, 0.3) is 0 Å². The molecule has 1 aliphatic heterocycles. The van der Waals surface area contributed by atoms with Crippen LogP contribution in [0.15, 0.2) is 4.52 Å². The van der Waals surface area contributed by atoms with E-state index in [1.54, 1.807) is 0 Å². The van der Waals surface area contributed by atoms with E-state index in [0.717, 1.165) is 38.6 Å². The highest BCUT2D eigenvalue weighted by atomic mass is 16.5. The molecule has 2 N–H and O–H groups in total. The van der Waals surface area contributed by atoms with E-state index >= 15 is 0 Å². The number of hydrogen-bond donors (Lipinski definition) is 2. The Morgan fingerprint density at radius 3 is 3.16 bits per heavy atom. The lowest BCUT2D eigenvalue weighted by molar-refractivity contribution is 0.0924. The molecule has 1 saturated heterocycles. The van der Waals surface area contributed by atoms with E-state index in [2.05, 4.69) is 27.7 Å². The molecule has 0 aliphatic carbocycles. The molecule has 106 valence electrons.